The minimum atomic E-state index is -0.201. The van der Waals surface area contributed by atoms with Crippen LogP contribution in [0.3, 0.4) is 0 Å². The van der Waals surface area contributed by atoms with Gasteiger partial charge in [-0.25, -0.2) is 10.4 Å². The van der Waals surface area contributed by atoms with Gasteiger partial charge >= 0.3 is 0 Å². The first-order chi connectivity index (χ1) is 15.0. The molecular formula is C22H21BrClN3O2S2. The van der Waals surface area contributed by atoms with Crippen molar-refractivity contribution in [2.24, 2.45) is 5.10 Å². The number of rotatable bonds is 10. The number of hydrazone groups is 1. The minimum absolute atomic E-state index is 0.201. The van der Waals surface area contributed by atoms with E-state index >= 15 is 0 Å². The van der Waals surface area contributed by atoms with E-state index in [2.05, 4.69) is 38.4 Å². The smallest absolute Gasteiger partial charge is 0.250 e. The molecule has 0 saturated carbocycles. The molecule has 3 rings (SSSR count). The number of benzene rings is 2. The van der Waals surface area contributed by atoms with Gasteiger partial charge in [-0.15, -0.1) is 11.3 Å². The average molecular weight is 539 g/mol. The number of nitrogens with one attached hydrogen (secondary N) is 1. The first-order valence-corrected chi connectivity index (χ1v) is 12.7. The zero-order valence-corrected chi connectivity index (χ0v) is 20.8. The lowest BCUT2D eigenvalue weighted by atomic mass is 10.2. The number of thioether (sulfide) groups is 1. The zero-order chi connectivity index (χ0) is 22.1. The zero-order valence-electron chi connectivity index (χ0n) is 16.8. The third kappa shape index (κ3) is 7.64. The first kappa shape index (κ1) is 23.8. The lowest BCUT2D eigenvalue weighted by Gasteiger charge is -2.08. The van der Waals surface area contributed by atoms with E-state index in [4.69, 9.17) is 16.3 Å². The van der Waals surface area contributed by atoms with Crippen molar-refractivity contribution in [1.29, 1.82) is 0 Å². The van der Waals surface area contributed by atoms with E-state index in [9.17, 15) is 4.79 Å². The average Bonchev–Trinajstić information content (AvgIpc) is 3.23. The molecule has 162 valence electrons. The molecule has 0 radical (unpaired) electrons. The molecule has 0 unspecified atom stereocenters. The Morgan fingerprint density at radius 3 is 2.90 bits per heavy atom. The number of halogens is 2. The van der Waals surface area contributed by atoms with E-state index < -0.39 is 0 Å². The van der Waals surface area contributed by atoms with Crippen LogP contribution in [0, 0.1) is 0 Å². The van der Waals surface area contributed by atoms with Crippen LogP contribution < -0.4 is 10.2 Å². The molecule has 1 aromatic heterocycles. The van der Waals surface area contributed by atoms with Crippen LogP contribution in [-0.2, 0) is 4.79 Å². The molecule has 1 amide bonds. The lowest BCUT2D eigenvalue weighted by molar-refractivity contribution is -0.118. The fourth-order valence-electron chi connectivity index (χ4n) is 2.49. The van der Waals surface area contributed by atoms with Crippen molar-refractivity contribution in [2.45, 2.75) is 24.1 Å². The molecule has 31 heavy (non-hydrogen) atoms. The second kappa shape index (κ2) is 12.2. The Balaban J connectivity index is 1.51. The minimum Gasteiger partial charge on any atom is -0.493 e. The van der Waals surface area contributed by atoms with E-state index in [0.29, 0.717) is 11.6 Å². The van der Waals surface area contributed by atoms with Crippen LogP contribution in [0.2, 0.25) is 5.02 Å². The second-order valence-corrected chi connectivity index (χ2v) is 9.90. The summed E-state index contributed by atoms with van der Waals surface area (Å²) in [7, 11) is 0. The number of amides is 1. The number of unbranched alkanes of at least 4 members (excludes halogenated alkanes) is 1. The highest BCUT2D eigenvalue weighted by Crippen LogP contribution is 2.29. The number of hydrogen-bond acceptors (Lipinski definition) is 6. The lowest BCUT2D eigenvalue weighted by Crippen LogP contribution is -2.19. The Morgan fingerprint density at radius 2 is 2.13 bits per heavy atom. The van der Waals surface area contributed by atoms with E-state index in [1.165, 1.54) is 23.1 Å². The summed E-state index contributed by atoms with van der Waals surface area (Å²) in [5, 5.41) is 6.73. The molecule has 0 bridgehead atoms. The van der Waals surface area contributed by atoms with Crippen molar-refractivity contribution in [2.75, 3.05) is 12.4 Å². The van der Waals surface area contributed by atoms with E-state index in [1.54, 1.807) is 6.21 Å². The molecule has 0 atom stereocenters. The third-order valence-electron chi connectivity index (χ3n) is 4.07. The van der Waals surface area contributed by atoms with Gasteiger partial charge in [0.2, 0.25) is 0 Å². The molecule has 9 heteroatoms. The highest BCUT2D eigenvalue weighted by atomic mass is 79.9. The summed E-state index contributed by atoms with van der Waals surface area (Å²) in [6.45, 7) is 2.76. The number of hydrogen-bond donors (Lipinski definition) is 1. The molecule has 3 aromatic rings. The van der Waals surface area contributed by atoms with Crippen LogP contribution in [-0.4, -0.2) is 29.5 Å². The van der Waals surface area contributed by atoms with E-state index in [-0.39, 0.29) is 11.7 Å². The summed E-state index contributed by atoms with van der Waals surface area (Å²) in [5.41, 5.74) is 5.22. The fourth-order valence-corrected chi connectivity index (χ4v) is 4.62. The largest absolute Gasteiger partial charge is 0.493 e. The standard InChI is InChI=1S/C22H21BrClN3O2S2/c1-2-3-10-29-20-9-6-17(23)11-16(20)12-25-27-21(28)14-31-22-26-19(13-30-22)15-4-7-18(24)8-5-15/h4-9,11-13H,2-3,10,14H2,1H3,(H,27,28)/b25-12+. The fraction of sp³-hybridized carbons (Fsp3) is 0.227. The van der Waals surface area contributed by atoms with Gasteiger partial charge < -0.3 is 4.74 Å². The van der Waals surface area contributed by atoms with Crippen molar-refractivity contribution in [3.05, 3.63) is 62.9 Å². The van der Waals surface area contributed by atoms with Crippen LogP contribution >= 0.6 is 50.6 Å². The van der Waals surface area contributed by atoms with Gasteiger partial charge in [0.1, 0.15) is 5.75 Å². The number of aromatic nitrogens is 1. The Hall–Kier alpha value is -1.87. The Morgan fingerprint density at radius 1 is 1.32 bits per heavy atom. The Kier molecular flexibility index (Phi) is 9.39. The van der Waals surface area contributed by atoms with Crippen molar-refractivity contribution >= 4 is 62.8 Å². The van der Waals surface area contributed by atoms with Crippen molar-refractivity contribution in [3.63, 3.8) is 0 Å². The normalized spacial score (nSPS) is 11.1. The quantitative estimate of drug-likeness (QED) is 0.136. The molecule has 0 spiro atoms. The molecular weight excluding hydrogens is 518 g/mol. The highest BCUT2D eigenvalue weighted by molar-refractivity contribution is 9.10. The summed E-state index contributed by atoms with van der Waals surface area (Å²) in [6.07, 6.45) is 3.64. The van der Waals surface area contributed by atoms with E-state index in [0.717, 1.165) is 44.2 Å². The second-order valence-electron chi connectivity index (χ2n) is 6.47. The molecule has 0 aliphatic rings. The molecule has 5 nitrogen and oxygen atoms in total. The monoisotopic (exact) mass is 537 g/mol. The maximum absolute atomic E-state index is 12.2. The van der Waals surface area contributed by atoms with Gasteiger partial charge in [-0.2, -0.15) is 5.10 Å². The third-order valence-corrected chi connectivity index (χ3v) is 6.84. The van der Waals surface area contributed by atoms with Crippen LogP contribution in [0.15, 0.2) is 61.8 Å². The SMILES string of the molecule is CCCCOc1ccc(Br)cc1/C=N/NC(=O)CSc1nc(-c2ccc(Cl)cc2)cs1. The predicted octanol–water partition coefficient (Wildman–Crippen LogP) is 6.65. The van der Waals surface area contributed by atoms with Gasteiger partial charge in [-0.3, -0.25) is 4.79 Å². The number of thiazole rings is 1. The molecule has 1 heterocycles. The predicted molar refractivity (Wildman–Crippen MR) is 134 cm³/mol. The van der Waals surface area contributed by atoms with Crippen molar-refractivity contribution < 1.29 is 9.53 Å². The molecule has 2 aromatic carbocycles. The molecule has 0 saturated heterocycles. The number of ether oxygens (including phenoxy) is 1. The van der Waals surface area contributed by atoms with Gasteiger partial charge in [-0.1, -0.05) is 64.8 Å². The number of carbonyl (C=O) groups is 1. The molecule has 0 fully saturated rings. The number of carbonyl (C=O) groups excluding carboxylic acids is 1. The summed E-state index contributed by atoms with van der Waals surface area (Å²) < 4.78 is 7.54. The summed E-state index contributed by atoms with van der Waals surface area (Å²) in [5.74, 6) is 0.762. The maximum atomic E-state index is 12.2. The molecule has 0 aliphatic heterocycles. The van der Waals surface area contributed by atoms with Gasteiger partial charge in [0.25, 0.3) is 5.91 Å². The maximum Gasteiger partial charge on any atom is 0.250 e. The van der Waals surface area contributed by atoms with E-state index in [1.807, 2.05) is 47.8 Å². The van der Waals surface area contributed by atoms with Crippen LogP contribution in [0.25, 0.3) is 11.3 Å². The number of nitrogens with zero attached hydrogens (tertiary/aromatic N) is 2. The topological polar surface area (TPSA) is 63.6 Å². The van der Waals surface area contributed by atoms with Gasteiger partial charge in [0, 0.05) is 26.0 Å². The summed E-state index contributed by atoms with van der Waals surface area (Å²) in [6, 6.07) is 13.2. The Bertz CT molecular complexity index is 1040. The van der Waals surface area contributed by atoms with Crippen molar-refractivity contribution in [3.8, 4) is 17.0 Å². The van der Waals surface area contributed by atoms with Crippen LogP contribution in [0.5, 0.6) is 5.75 Å². The summed E-state index contributed by atoms with van der Waals surface area (Å²) in [4.78, 5) is 16.7. The first-order valence-electron chi connectivity index (χ1n) is 9.63. The van der Waals surface area contributed by atoms with Crippen molar-refractivity contribution in [1.82, 2.24) is 10.4 Å². The molecule has 0 aliphatic carbocycles. The van der Waals surface area contributed by atoms with Gasteiger partial charge in [0.05, 0.1) is 24.3 Å². The van der Waals surface area contributed by atoms with Crippen LogP contribution in [0.1, 0.15) is 25.3 Å². The highest BCUT2D eigenvalue weighted by Gasteiger charge is 2.08. The summed E-state index contributed by atoms with van der Waals surface area (Å²) >= 11 is 12.3. The van der Waals surface area contributed by atoms with Crippen LogP contribution in [0.4, 0.5) is 0 Å². The van der Waals surface area contributed by atoms with Gasteiger partial charge in [-0.05, 0) is 36.8 Å². The molecule has 1 N–H and O–H groups in total. The van der Waals surface area contributed by atoms with Gasteiger partial charge in [0.15, 0.2) is 4.34 Å². The Labute approximate surface area is 203 Å².